The lowest BCUT2D eigenvalue weighted by atomic mass is 9.79. The van der Waals surface area contributed by atoms with Crippen molar-refractivity contribution in [2.75, 3.05) is 36.0 Å². The average molecular weight is 442 g/mol. The Labute approximate surface area is 175 Å². The molecule has 0 saturated carbocycles. The number of carboxylic acid groups (broad SMARTS) is 1. The second-order valence-electron chi connectivity index (χ2n) is 7.73. The van der Waals surface area contributed by atoms with E-state index < -0.39 is 18.0 Å². The van der Waals surface area contributed by atoms with Gasteiger partial charge in [-0.1, -0.05) is 0 Å². The highest BCUT2D eigenvalue weighted by Gasteiger charge is 2.42. The van der Waals surface area contributed by atoms with Crippen LogP contribution in [0.3, 0.4) is 0 Å². The van der Waals surface area contributed by atoms with Crippen molar-refractivity contribution in [3.05, 3.63) is 36.0 Å². The van der Waals surface area contributed by atoms with Crippen LogP contribution in [-0.2, 0) is 4.79 Å². The normalized spacial score (nSPS) is 21.1. The number of carbonyl (C=O) groups is 1. The molecule has 12 heteroatoms. The molecule has 2 fully saturated rings. The zero-order chi connectivity index (χ0) is 22.6. The maximum Gasteiger partial charge on any atom is 0.490 e. The first-order valence-electron chi connectivity index (χ1n) is 9.66. The maximum absolute atomic E-state index is 13.1. The van der Waals surface area contributed by atoms with Gasteiger partial charge in [0.15, 0.2) is 11.6 Å². The fourth-order valence-corrected chi connectivity index (χ4v) is 3.87. The molecule has 0 aromatic carbocycles. The predicted molar refractivity (Wildman–Crippen MR) is 103 cm³/mol. The van der Waals surface area contributed by atoms with E-state index >= 15 is 0 Å². The van der Waals surface area contributed by atoms with Gasteiger partial charge in [-0.25, -0.2) is 19.2 Å². The molecule has 1 unspecified atom stereocenters. The summed E-state index contributed by atoms with van der Waals surface area (Å²) in [5, 5.41) is 15.6. The summed E-state index contributed by atoms with van der Waals surface area (Å²) in [5.74, 6) is -1.57. The lowest BCUT2D eigenvalue weighted by Crippen LogP contribution is -2.45. The maximum atomic E-state index is 13.1. The molecule has 1 N–H and O–H groups in total. The number of hydrogen-bond donors (Lipinski definition) is 1. The Morgan fingerprint density at radius 1 is 1.06 bits per heavy atom. The molecule has 0 bridgehead atoms. The Bertz CT molecular complexity index is 894. The van der Waals surface area contributed by atoms with Gasteiger partial charge in [-0.05, 0) is 38.3 Å². The Balaban J connectivity index is 0.000000339. The first kappa shape index (κ1) is 22.6. The number of aryl methyl sites for hydroxylation is 1. The van der Waals surface area contributed by atoms with E-state index in [0.717, 1.165) is 50.5 Å². The third-order valence-electron chi connectivity index (χ3n) is 5.34. The molecule has 168 valence electrons. The van der Waals surface area contributed by atoms with Crippen molar-refractivity contribution in [2.45, 2.75) is 32.4 Å². The molecule has 2 aromatic rings. The highest BCUT2D eigenvalue weighted by Crippen LogP contribution is 2.40. The fourth-order valence-electron chi connectivity index (χ4n) is 3.87. The number of halogens is 4. The van der Waals surface area contributed by atoms with Crippen molar-refractivity contribution in [3.63, 3.8) is 0 Å². The summed E-state index contributed by atoms with van der Waals surface area (Å²) in [5.41, 5.74) is 1.16. The number of alkyl halides is 3. The molecular formula is C19H22F4N6O2. The van der Waals surface area contributed by atoms with Crippen molar-refractivity contribution in [1.82, 2.24) is 20.2 Å². The Hall–Kier alpha value is -3.05. The third kappa shape index (κ3) is 5.76. The molecule has 0 amide bonds. The van der Waals surface area contributed by atoms with Gasteiger partial charge in [-0.3, -0.25) is 0 Å². The molecule has 2 aliphatic heterocycles. The first-order valence-corrected chi connectivity index (χ1v) is 9.66. The van der Waals surface area contributed by atoms with Gasteiger partial charge in [0.05, 0.1) is 18.1 Å². The fraction of sp³-hybridized carbons (Fsp3) is 0.526. The highest BCUT2D eigenvalue weighted by molar-refractivity contribution is 5.73. The SMILES string of the molecule is Cc1ccc(N2CCC3(CCCN(c4ncc(F)cn4)C3)C2)nn1.O=C(O)C(F)(F)F. The largest absolute Gasteiger partial charge is 0.490 e. The van der Waals surface area contributed by atoms with Crippen LogP contribution in [0.25, 0.3) is 0 Å². The Kier molecular flexibility index (Phi) is 6.56. The molecule has 1 spiro atoms. The quantitative estimate of drug-likeness (QED) is 0.710. The summed E-state index contributed by atoms with van der Waals surface area (Å²) in [6, 6.07) is 4.05. The monoisotopic (exact) mass is 442 g/mol. The van der Waals surface area contributed by atoms with E-state index in [4.69, 9.17) is 9.90 Å². The predicted octanol–water partition coefficient (Wildman–Crippen LogP) is 2.84. The second-order valence-corrected chi connectivity index (χ2v) is 7.73. The summed E-state index contributed by atoms with van der Waals surface area (Å²) in [6.07, 6.45) is 0.827. The molecule has 31 heavy (non-hydrogen) atoms. The molecular weight excluding hydrogens is 420 g/mol. The van der Waals surface area contributed by atoms with E-state index in [1.54, 1.807) is 0 Å². The van der Waals surface area contributed by atoms with Crippen LogP contribution in [0, 0.1) is 18.2 Å². The molecule has 2 aromatic heterocycles. The summed E-state index contributed by atoms with van der Waals surface area (Å²) in [4.78, 5) is 21.7. The number of piperidine rings is 1. The van der Waals surface area contributed by atoms with Gasteiger partial charge < -0.3 is 14.9 Å². The summed E-state index contributed by atoms with van der Waals surface area (Å²) < 4.78 is 44.8. The van der Waals surface area contributed by atoms with Crippen molar-refractivity contribution in [1.29, 1.82) is 0 Å². The third-order valence-corrected chi connectivity index (χ3v) is 5.34. The van der Waals surface area contributed by atoms with Gasteiger partial charge in [-0.15, -0.1) is 5.10 Å². The number of aliphatic carboxylic acids is 1. The van der Waals surface area contributed by atoms with Crippen LogP contribution in [0.2, 0.25) is 0 Å². The first-order chi connectivity index (χ1) is 14.6. The van der Waals surface area contributed by atoms with Crippen LogP contribution in [-0.4, -0.2) is 63.6 Å². The molecule has 0 radical (unpaired) electrons. The summed E-state index contributed by atoms with van der Waals surface area (Å²) in [6.45, 7) is 5.76. The van der Waals surface area contributed by atoms with Gasteiger partial charge >= 0.3 is 12.1 Å². The van der Waals surface area contributed by atoms with E-state index in [0.29, 0.717) is 5.95 Å². The summed E-state index contributed by atoms with van der Waals surface area (Å²) >= 11 is 0. The molecule has 0 aliphatic carbocycles. The molecule has 1 atom stereocenters. The summed E-state index contributed by atoms with van der Waals surface area (Å²) in [7, 11) is 0. The average Bonchev–Trinajstić information content (AvgIpc) is 3.12. The molecule has 4 heterocycles. The van der Waals surface area contributed by atoms with Gasteiger partial charge in [0.2, 0.25) is 5.95 Å². The molecule has 8 nitrogen and oxygen atoms in total. The minimum Gasteiger partial charge on any atom is -0.475 e. The molecule has 4 rings (SSSR count). The van der Waals surface area contributed by atoms with Gasteiger partial charge in [-0.2, -0.15) is 18.3 Å². The Morgan fingerprint density at radius 2 is 1.71 bits per heavy atom. The smallest absolute Gasteiger partial charge is 0.475 e. The second kappa shape index (κ2) is 8.98. The van der Waals surface area contributed by atoms with Crippen LogP contribution in [0.15, 0.2) is 24.5 Å². The van der Waals surface area contributed by atoms with Crippen LogP contribution in [0.4, 0.5) is 29.3 Å². The lowest BCUT2D eigenvalue weighted by Gasteiger charge is -2.40. The number of anilines is 2. The number of nitrogens with zero attached hydrogens (tertiary/aromatic N) is 6. The lowest BCUT2D eigenvalue weighted by molar-refractivity contribution is -0.192. The molecule has 2 aliphatic rings. The van der Waals surface area contributed by atoms with Crippen molar-refractivity contribution >= 4 is 17.7 Å². The van der Waals surface area contributed by atoms with Crippen LogP contribution >= 0.6 is 0 Å². The number of rotatable bonds is 2. The van der Waals surface area contributed by atoms with Crippen molar-refractivity contribution < 1.29 is 27.5 Å². The van der Waals surface area contributed by atoms with Crippen molar-refractivity contribution in [3.8, 4) is 0 Å². The van der Waals surface area contributed by atoms with E-state index in [2.05, 4.69) is 30.0 Å². The van der Waals surface area contributed by atoms with Crippen LogP contribution in [0.5, 0.6) is 0 Å². The minimum absolute atomic E-state index is 0.225. The number of hydrogen-bond acceptors (Lipinski definition) is 7. The van der Waals surface area contributed by atoms with E-state index in [1.165, 1.54) is 18.8 Å². The number of carboxylic acids is 1. The minimum atomic E-state index is -5.08. The highest BCUT2D eigenvalue weighted by atomic mass is 19.4. The standard InChI is InChI=1S/C17H21FN6.C2HF3O2/c1-13-3-4-15(22-21-13)23-8-6-17(11-23)5-2-7-24(12-17)16-19-9-14(18)10-20-16;3-2(4,5)1(6)7/h3-4,9-10H,2,5-8,11-12H2,1H3;(H,6,7). The van der Waals surface area contributed by atoms with E-state index in [1.807, 2.05) is 19.1 Å². The van der Waals surface area contributed by atoms with Gasteiger partial charge in [0.25, 0.3) is 0 Å². The Morgan fingerprint density at radius 3 is 2.29 bits per heavy atom. The zero-order valence-electron chi connectivity index (χ0n) is 16.8. The van der Waals surface area contributed by atoms with Crippen LogP contribution in [0.1, 0.15) is 25.0 Å². The van der Waals surface area contributed by atoms with E-state index in [9.17, 15) is 17.6 Å². The zero-order valence-corrected chi connectivity index (χ0v) is 16.8. The van der Waals surface area contributed by atoms with Gasteiger partial charge in [0.1, 0.15) is 0 Å². The topological polar surface area (TPSA) is 95.3 Å². The van der Waals surface area contributed by atoms with Crippen molar-refractivity contribution in [2.24, 2.45) is 5.41 Å². The molecule has 2 saturated heterocycles. The van der Waals surface area contributed by atoms with Crippen LogP contribution < -0.4 is 9.80 Å². The van der Waals surface area contributed by atoms with E-state index in [-0.39, 0.29) is 5.41 Å². The number of aromatic nitrogens is 4. The van der Waals surface area contributed by atoms with Gasteiger partial charge in [0, 0.05) is 31.6 Å².